The summed E-state index contributed by atoms with van der Waals surface area (Å²) in [6.07, 6.45) is 4.04. The van der Waals surface area contributed by atoms with E-state index in [-0.39, 0.29) is 33.4 Å². The quantitative estimate of drug-likeness (QED) is 0.0685. The average molecular weight is 857 g/mol. The van der Waals surface area contributed by atoms with Gasteiger partial charge in [0.2, 0.25) is 0 Å². The molecule has 2 heterocycles. The Morgan fingerprint density at radius 1 is 0.603 bits per heavy atom. The van der Waals surface area contributed by atoms with Crippen LogP contribution in [0, 0.1) is 11.8 Å². The maximum atomic E-state index is 13.0. The number of hydrogen-bond donors (Lipinski definition) is 2. The number of carbonyl (C=O) groups excluding carboxylic acids is 4. The van der Waals surface area contributed by atoms with Gasteiger partial charge in [-0.3, -0.25) is 9.59 Å². The molecule has 58 heavy (non-hydrogen) atoms. The Kier molecular flexibility index (Phi) is 13.9. The second-order valence-electron chi connectivity index (χ2n) is 13.2. The summed E-state index contributed by atoms with van der Waals surface area (Å²) in [5.74, 6) is -1.92. The van der Waals surface area contributed by atoms with Crippen molar-refractivity contribution >= 4 is 92.5 Å². The molecule has 0 aliphatic carbocycles. The van der Waals surface area contributed by atoms with Crippen LogP contribution >= 0.6 is 48.0 Å². The van der Waals surface area contributed by atoms with Crippen LogP contribution in [0.5, 0.6) is 23.0 Å². The van der Waals surface area contributed by atoms with E-state index in [1.54, 1.807) is 98.8 Å². The summed E-state index contributed by atoms with van der Waals surface area (Å²) in [5, 5.41) is 20.6. The monoisotopic (exact) mass is 856 g/mol. The molecule has 12 nitrogen and oxygen atoms in total. The zero-order valence-corrected chi connectivity index (χ0v) is 34.3. The number of hydroxylamine groups is 4. The van der Waals surface area contributed by atoms with Crippen LogP contribution in [0.4, 0.5) is 0 Å². The highest BCUT2D eigenvalue weighted by atomic mass is 32.2. The van der Waals surface area contributed by atoms with Gasteiger partial charge in [0.1, 0.15) is 36.2 Å². The number of aromatic hydroxyl groups is 2. The summed E-state index contributed by atoms with van der Waals surface area (Å²) in [7, 11) is 0. The van der Waals surface area contributed by atoms with Gasteiger partial charge in [0.15, 0.2) is 8.64 Å². The van der Waals surface area contributed by atoms with Crippen molar-refractivity contribution in [2.24, 2.45) is 11.8 Å². The van der Waals surface area contributed by atoms with Crippen LogP contribution in [0.15, 0.2) is 107 Å². The summed E-state index contributed by atoms with van der Waals surface area (Å²) < 4.78 is 11.9. The maximum Gasteiger partial charge on any atom is 0.336 e. The van der Waals surface area contributed by atoms with Gasteiger partial charge >= 0.3 is 11.9 Å². The van der Waals surface area contributed by atoms with Crippen molar-refractivity contribution in [3.8, 4) is 23.0 Å². The largest absolute Gasteiger partial charge is 0.508 e. The lowest BCUT2D eigenvalue weighted by Crippen LogP contribution is -2.33. The van der Waals surface area contributed by atoms with Crippen molar-refractivity contribution in [1.29, 1.82) is 0 Å². The van der Waals surface area contributed by atoms with Crippen LogP contribution < -0.4 is 9.47 Å². The third kappa shape index (κ3) is 11.0. The van der Waals surface area contributed by atoms with E-state index in [4.69, 9.17) is 43.6 Å². The number of phenols is 2. The maximum absolute atomic E-state index is 13.0. The molecule has 2 N–H and O–H groups in total. The molecule has 2 saturated heterocycles. The molecule has 4 aromatic carbocycles. The first-order valence-electron chi connectivity index (χ1n) is 17.8. The number of ether oxygens (including phenoxy) is 2. The van der Waals surface area contributed by atoms with E-state index in [1.165, 1.54) is 24.3 Å². The number of carbonyl (C=O) groups is 4. The molecule has 0 saturated carbocycles. The van der Waals surface area contributed by atoms with Crippen molar-refractivity contribution < 1.29 is 48.5 Å². The average Bonchev–Trinajstić information content (AvgIpc) is 3.62. The first-order chi connectivity index (χ1) is 27.8. The van der Waals surface area contributed by atoms with E-state index in [0.717, 1.165) is 55.9 Å². The fourth-order valence-electron chi connectivity index (χ4n) is 5.50. The molecule has 2 aliphatic heterocycles. The second-order valence-corrected chi connectivity index (χ2v) is 16.5. The summed E-state index contributed by atoms with van der Waals surface area (Å²) >= 11 is 12.7. The van der Waals surface area contributed by atoms with Gasteiger partial charge < -0.3 is 29.4 Å². The molecule has 4 aromatic rings. The summed E-state index contributed by atoms with van der Waals surface area (Å²) in [5.41, 5.74) is 3.11. The highest BCUT2D eigenvalue weighted by Gasteiger charge is 2.38. The normalized spacial score (nSPS) is 16.5. The number of benzene rings is 4. The van der Waals surface area contributed by atoms with Gasteiger partial charge in [-0.2, -0.15) is 0 Å². The fourth-order valence-corrected chi connectivity index (χ4v) is 7.80. The van der Waals surface area contributed by atoms with Crippen LogP contribution in [0.1, 0.15) is 36.1 Å². The van der Waals surface area contributed by atoms with Crippen LogP contribution in [-0.4, -0.2) is 65.9 Å². The van der Waals surface area contributed by atoms with Crippen molar-refractivity contribution in [3.63, 3.8) is 0 Å². The topological polar surface area (TPSA) is 152 Å². The number of nitrogens with zero attached hydrogens (tertiary/aromatic N) is 2. The zero-order chi connectivity index (χ0) is 41.3. The lowest BCUT2D eigenvalue weighted by atomic mass is 10.0. The van der Waals surface area contributed by atoms with Gasteiger partial charge in [-0.25, -0.2) is 9.59 Å². The van der Waals surface area contributed by atoms with E-state index >= 15 is 0 Å². The Morgan fingerprint density at radius 3 is 1.29 bits per heavy atom. The third-order valence-corrected chi connectivity index (χ3v) is 11.2. The van der Waals surface area contributed by atoms with Crippen molar-refractivity contribution in [1.82, 2.24) is 10.1 Å². The van der Waals surface area contributed by atoms with Gasteiger partial charge in [-0.15, -0.1) is 10.1 Å². The molecular weight excluding hydrogens is 821 g/mol. The molecule has 6 rings (SSSR count). The highest BCUT2D eigenvalue weighted by Crippen LogP contribution is 2.35. The number of amides is 2. The van der Waals surface area contributed by atoms with Crippen LogP contribution in [0.3, 0.4) is 0 Å². The smallest absolute Gasteiger partial charge is 0.336 e. The van der Waals surface area contributed by atoms with E-state index in [1.807, 2.05) is 0 Å². The lowest BCUT2D eigenvalue weighted by molar-refractivity contribution is -0.182. The second kappa shape index (κ2) is 19.2. The van der Waals surface area contributed by atoms with E-state index in [0.29, 0.717) is 34.2 Å². The molecule has 0 aromatic heterocycles. The number of hydrogen-bond acceptors (Lipinski definition) is 14. The van der Waals surface area contributed by atoms with E-state index in [9.17, 15) is 29.4 Å². The van der Waals surface area contributed by atoms with Gasteiger partial charge in [0.25, 0.3) is 11.8 Å². The Bertz CT molecular complexity index is 2100. The molecule has 298 valence electrons. The minimum absolute atomic E-state index is 0.113. The fraction of sp³-hybridized carbons (Fsp3) is 0.190. The summed E-state index contributed by atoms with van der Waals surface area (Å²) in [6.45, 7) is 3.89. The first-order valence-corrected chi connectivity index (χ1v) is 20.3. The molecule has 2 amide bonds. The van der Waals surface area contributed by atoms with Gasteiger partial charge in [-0.1, -0.05) is 85.9 Å². The van der Waals surface area contributed by atoms with Crippen molar-refractivity contribution in [2.45, 2.75) is 26.7 Å². The predicted molar refractivity (Wildman–Crippen MR) is 228 cm³/mol. The molecule has 2 aliphatic rings. The SMILES string of the molecule is C[C@@H](Cc1ccc(O)cc1)C(=O)ON1C(=O)/C(=C/c2ccc(OCCOc3ccc(/C=C4\SC(=S)N(OC(=O)[C@@H](C)Cc5ccc(O)cc5)C4=O)cc3)cc2)SC1=S. The molecule has 0 bridgehead atoms. The van der Waals surface area contributed by atoms with E-state index in [2.05, 4.69) is 0 Å². The number of phenolic OH excluding ortho intramolecular Hbond substituents is 2. The first kappa shape index (κ1) is 41.9. The number of rotatable bonds is 15. The van der Waals surface area contributed by atoms with E-state index < -0.39 is 35.6 Å². The van der Waals surface area contributed by atoms with Gasteiger partial charge in [-0.05, 0) is 120 Å². The minimum Gasteiger partial charge on any atom is -0.508 e. The van der Waals surface area contributed by atoms with Crippen LogP contribution in [-0.2, 0) is 41.7 Å². The molecule has 16 heteroatoms. The van der Waals surface area contributed by atoms with Crippen LogP contribution in [0.25, 0.3) is 12.2 Å². The summed E-state index contributed by atoms with van der Waals surface area (Å²) in [6, 6.07) is 27.2. The summed E-state index contributed by atoms with van der Waals surface area (Å²) in [4.78, 5) is 62.8. The molecular formula is C42H36N2O10S4. The number of thiocarbonyl (C=S) groups is 2. The highest BCUT2D eigenvalue weighted by molar-refractivity contribution is 8.27. The number of thioether (sulfide) groups is 2. The molecule has 2 fully saturated rings. The van der Waals surface area contributed by atoms with Gasteiger partial charge in [0, 0.05) is 0 Å². The molecule has 0 unspecified atom stereocenters. The molecule has 0 spiro atoms. The predicted octanol–water partition coefficient (Wildman–Crippen LogP) is 7.63. The molecule has 2 atom stereocenters. The minimum atomic E-state index is -0.600. The van der Waals surface area contributed by atoms with Crippen molar-refractivity contribution in [3.05, 3.63) is 129 Å². The van der Waals surface area contributed by atoms with Gasteiger partial charge in [0.05, 0.1) is 21.6 Å². The standard InChI is InChI=1S/C42H36N2O10S4/c1-25(21-27-3-11-31(45)12-4-27)39(49)53-43-37(47)35(57-41(43)55)23-29-7-15-33(16-8-29)51-19-20-52-34-17-9-30(10-18-34)24-36-38(48)44(42(56)58-36)54-40(50)26(2)22-28-5-13-32(46)14-6-28/h3-18,23-26,45-46H,19-22H2,1-2H3/b35-23-,36-24-/t25-,26-/m0/s1. The third-order valence-electron chi connectivity index (χ3n) is 8.62. The Labute approximate surface area is 353 Å². The van der Waals surface area contributed by atoms with Crippen molar-refractivity contribution in [2.75, 3.05) is 13.2 Å². The Morgan fingerprint density at radius 2 is 0.948 bits per heavy atom. The lowest BCUT2D eigenvalue weighted by Gasteiger charge is -2.17. The Balaban J connectivity index is 0.925. The molecule has 0 radical (unpaired) electrons. The Hall–Kier alpha value is -5.68. The zero-order valence-electron chi connectivity index (χ0n) is 31.1. The van der Waals surface area contributed by atoms with Crippen LogP contribution in [0.2, 0.25) is 0 Å².